The third kappa shape index (κ3) is 3.87. The number of amides is 1. The number of halogens is 3. The van der Waals surface area contributed by atoms with Crippen LogP contribution in [0, 0.1) is 0 Å². The van der Waals surface area contributed by atoms with Crippen molar-refractivity contribution in [3.63, 3.8) is 0 Å². The molecule has 0 aliphatic carbocycles. The molecule has 1 N–H and O–H groups in total. The van der Waals surface area contributed by atoms with Crippen LogP contribution in [0.4, 0.5) is 13.2 Å². The Kier molecular flexibility index (Phi) is 4.06. The van der Waals surface area contributed by atoms with Gasteiger partial charge in [-0.25, -0.2) is 4.79 Å². The molecular formula is C13H12F3NO4. The van der Waals surface area contributed by atoms with Gasteiger partial charge in [-0.1, -0.05) is 12.1 Å². The van der Waals surface area contributed by atoms with Crippen molar-refractivity contribution in [1.29, 1.82) is 0 Å². The first-order valence-electron chi connectivity index (χ1n) is 6.13. The van der Waals surface area contributed by atoms with E-state index in [9.17, 15) is 22.8 Å². The number of ether oxygens (including phenoxy) is 1. The number of carboxylic acids is 1. The highest BCUT2D eigenvalue weighted by Gasteiger charge is 2.36. The molecular weight excluding hydrogens is 291 g/mol. The molecule has 1 atom stereocenters. The molecule has 8 heteroatoms. The first kappa shape index (κ1) is 15.1. The zero-order chi connectivity index (χ0) is 15.6. The zero-order valence-corrected chi connectivity index (χ0v) is 10.8. The Bertz CT molecular complexity index is 559. The molecule has 0 saturated carbocycles. The first-order valence-corrected chi connectivity index (χ1v) is 6.13. The molecule has 1 aromatic carbocycles. The number of carbonyl (C=O) groups excluding carboxylic acids is 1. The van der Waals surface area contributed by atoms with Crippen LogP contribution < -0.4 is 4.74 Å². The van der Waals surface area contributed by atoms with Crippen LogP contribution in [0.1, 0.15) is 18.4 Å². The van der Waals surface area contributed by atoms with Crippen molar-refractivity contribution in [2.45, 2.75) is 31.8 Å². The summed E-state index contributed by atoms with van der Waals surface area (Å²) in [6.45, 7) is -0.0646. The number of aliphatic carboxylic acids is 1. The van der Waals surface area contributed by atoms with Crippen molar-refractivity contribution < 1.29 is 32.6 Å². The Morgan fingerprint density at radius 1 is 1.43 bits per heavy atom. The summed E-state index contributed by atoms with van der Waals surface area (Å²) < 4.78 is 40.2. The van der Waals surface area contributed by atoms with Crippen molar-refractivity contribution in [1.82, 2.24) is 4.90 Å². The molecule has 1 fully saturated rings. The molecule has 2 rings (SSSR count). The quantitative estimate of drug-likeness (QED) is 0.925. The lowest BCUT2D eigenvalue weighted by molar-refractivity contribution is -0.274. The second kappa shape index (κ2) is 5.63. The Morgan fingerprint density at radius 2 is 2.14 bits per heavy atom. The van der Waals surface area contributed by atoms with Gasteiger partial charge in [0.15, 0.2) is 0 Å². The van der Waals surface area contributed by atoms with Gasteiger partial charge in [0, 0.05) is 13.0 Å². The number of alkyl halides is 3. The van der Waals surface area contributed by atoms with Crippen LogP contribution in [0.15, 0.2) is 24.3 Å². The van der Waals surface area contributed by atoms with Gasteiger partial charge < -0.3 is 14.7 Å². The fraction of sp³-hybridized carbons (Fsp3) is 0.385. The molecule has 21 heavy (non-hydrogen) atoms. The fourth-order valence-corrected chi connectivity index (χ4v) is 2.23. The molecule has 0 bridgehead atoms. The van der Waals surface area contributed by atoms with E-state index < -0.39 is 24.1 Å². The summed E-state index contributed by atoms with van der Waals surface area (Å²) in [5.74, 6) is -1.85. The number of hydrogen-bond acceptors (Lipinski definition) is 3. The van der Waals surface area contributed by atoms with Crippen LogP contribution in [0.25, 0.3) is 0 Å². The van der Waals surface area contributed by atoms with Gasteiger partial charge >= 0.3 is 12.3 Å². The minimum Gasteiger partial charge on any atom is -0.480 e. The van der Waals surface area contributed by atoms with Crippen LogP contribution >= 0.6 is 0 Å². The second-order valence-corrected chi connectivity index (χ2v) is 4.61. The lowest BCUT2D eigenvalue weighted by Crippen LogP contribution is -2.37. The Morgan fingerprint density at radius 3 is 2.76 bits per heavy atom. The van der Waals surface area contributed by atoms with Crippen molar-refractivity contribution in [2.24, 2.45) is 0 Å². The van der Waals surface area contributed by atoms with Gasteiger partial charge in [-0.2, -0.15) is 0 Å². The SMILES string of the molecule is O=C(O)[C@H]1CCC(=O)N1Cc1cccc(OC(F)(F)F)c1. The van der Waals surface area contributed by atoms with E-state index >= 15 is 0 Å². The van der Waals surface area contributed by atoms with Crippen molar-refractivity contribution in [2.75, 3.05) is 0 Å². The second-order valence-electron chi connectivity index (χ2n) is 4.61. The highest BCUT2D eigenvalue weighted by atomic mass is 19.4. The van der Waals surface area contributed by atoms with Crippen LogP contribution in [0.3, 0.4) is 0 Å². The molecule has 1 aromatic rings. The van der Waals surface area contributed by atoms with E-state index in [0.717, 1.165) is 17.0 Å². The van der Waals surface area contributed by atoms with Crippen LogP contribution in [0.2, 0.25) is 0 Å². The van der Waals surface area contributed by atoms with Gasteiger partial charge in [-0.15, -0.1) is 13.2 Å². The normalized spacial score (nSPS) is 18.9. The van der Waals surface area contributed by atoms with Crippen molar-refractivity contribution >= 4 is 11.9 Å². The summed E-state index contributed by atoms with van der Waals surface area (Å²) in [7, 11) is 0. The monoisotopic (exact) mass is 303 g/mol. The highest BCUT2D eigenvalue weighted by molar-refractivity contribution is 5.87. The van der Waals surface area contributed by atoms with Crippen LogP contribution in [0.5, 0.6) is 5.75 Å². The summed E-state index contributed by atoms with van der Waals surface area (Å²) in [5.41, 5.74) is 0.373. The molecule has 0 unspecified atom stereocenters. The van der Waals surface area contributed by atoms with Gasteiger partial charge in [-0.05, 0) is 24.1 Å². The third-order valence-corrected chi connectivity index (χ3v) is 3.10. The van der Waals surface area contributed by atoms with Crippen molar-refractivity contribution in [3.05, 3.63) is 29.8 Å². The summed E-state index contributed by atoms with van der Waals surface area (Å²) in [4.78, 5) is 23.8. The van der Waals surface area contributed by atoms with E-state index in [1.165, 1.54) is 12.1 Å². The van der Waals surface area contributed by atoms with Crippen LogP contribution in [-0.2, 0) is 16.1 Å². The fourth-order valence-electron chi connectivity index (χ4n) is 2.23. The molecule has 1 amide bonds. The lowest BCUT2D eigenvalue weighted by Gasteiger charge is -2.22. The topological polar surface area (TPSA) is 66.8 Å². The molecule has 0 radical (unpaired) electrons. The molecule has 1 heterocycles. The van der Waals surface area contributed by atoms with Crippen LogP contribution in [-0.4, -0.2) is 34.3 Å². The third-order valence-electron chi connectivity index (χ3n) is 3.10. The molecule has 0 spiro atoms. The number of likely N-dealkylation sites (tertiary alicyclic amines) is 1. The number of carboxylic acid groups (broad SMARTS) is 1. The van der Waals surface area contributed by atoms with Crippen molar-refractivity contribution in [3.8, 4) is 5.75 Å². The maximum absolute atomic E-state index is 12.1. The van der Waals surface area contributed by atoms with Gasteiger partial charge in [-0.3, -0.25) is 4.79 Å². The lowest BCUT2D eigenvalue weighted by atomic mass is 10.1. The summed E-state index contributed by atoms with van der Waals surface area (Å²) in [6, 6.07) is 4.19. The largest absolute Gasteiger partial charge is 0.573 e. The van der Waals surface area contributed by atoms with E-state index in [-0.39, 0.29) is 25.3 Å². The smallest absolute Gasteiger partial charge is 0.480 e. The first-order chi connectivity index (χ1) is 9.76. The van der Waals surface area contributed by atoms with E-state index in [4.69, 9.17) is 5.11 Å². The number of benzene rings is 1. The number of rotatable bonds is 4. The highest BCUT2D eigenvalue weighted by Crippen LogP contribution is 2.26. The summed E-state index contributed by atoms with van der Waals surface area (Å²) in [5, 5.41) is 9.02. The summed E-state index contributed by atoms with van der Waals surface area (Å²) >= 11 is 0. The Labute approximate surface area is 117 Å². The van der Waals surface area contributed by atoms with E-state index in [0.29, 0.717) is 5.56 Å². The number of carbonyl (C=O) groups is 2. The number of nitrogens with zero attached hydrogens (tertiary/aromatic N) is 1. The maximum Gasteiger partial charge on any atom is 0.573 e. The average Bonchev–Trinajstić information content (AvgIpc) is 2.69. The van der Waals surface area contributed by atoms with Gasteiger partial charge in [0.05, 0.1) is 0 Å². The maximum atomic E-state index is 12.1. The standard InChI is InChI=1S/C13H12F3NO4/c14-13(15,16)21-9-3-1-2-8(6-9)7-17-10(12(19)20)4-5-11(17)18/h1-3,6,10H,4-5,7H2,(H,19,20)/t10-/m1/s1. The number of hydrogen-bond donors (Lipinski definition) is 1. The average molecular weight is 303 g/mol. The molecule has 5 nitrogen and oxygen atoms in total. The summed E-state index contributed by atoms with van der Waals surface area (Å²) in [6.07, 6.45) is -4.48. The van der Waals surface area contributed by atoms with E-state index in [1.807, 2.05) is 0 Å². The zero-order valence-electron chi connectivity index (χ0n) is 10.8. The molecule has 114 valence electrons. The van der Waals surface area contributed by atoms with Gasteiger partial charge in [0.25, 0.3) is 0 Å². The van der Waals surface area contributed by atoms with Gasteiger partial charge in [0.1, 0.15) is 11.8 Å². The Balaban J connectivity index is 2.14. The van der Waals surface area contributed by atoms with E-state index in [1.54, 1.807) is 0 Å². The predicted molar refractivity (Wildman–Crippen MR) is 64.3 cm³/mol. The minimum atomic E-state index is -4.80. The minimum absolute atomic E-state index is 0.0646. The molecule has 0 aromatic heterocycles. The molecule has 1 saturated heterocycles. The van der Waals surface area contributed by atoms with E-state index in [2.05, 4.69) is 4.74 Å². The Hall–Kier alpha value is -2.25. The molecule has 1 aliphatic heterocycles. The predicted octanol–water partition coefficient (Wildman–Crippen LogP) is 2.16. The molecule has 1 aliphatic rings. The van der Waals surface area contributed by atoms with Gasteiger partial charge in [0.2, 0.25) is 5.91 Å².